The molecule has 0 aromatic rings. The lowest BCUT2D eigenvalue weighted by Gasteiger charge is -2.18. The third-order valence-corrected chi connectivity index (χ3v) is 10.3. The maximum absolute atomic E-state index is 12.6. The summed E-state index contributed by atoms with van der Waals surface area (Å²) in [6.07, 6.45) is 56.9. The molecule has 0 aromatic heterocycles. The average molecular weight is 785 g/mol. The molecule has 0 N–H and O–H groups in total. The van der Waals surface area contributed by atoms with Crippen LogP contribution in [0.15, 0.2) is 48.6 Å². The van der Waals surface area contributed by atoms with E-state index in [0.717, 1.165) is 64.2 Å². The summed E-state index contributed by atoms with van der Waals surface area (Å²) in [5.74, 6) is -0.416. The van der Waals surface area contributed by atoms with Gasteiger partial charge in [-0.05, 0) is 83.5 Å². The fourth-order valence-electron chi connectivity index (χ4n) is 6.69. The van der Waals surface area contributed by atoms with Crippen molar-refractivity contribution in [3.8, 4) is 0 Å². The van der Waals surface area contributed by atoms with E-state index in [0.29, 0.717) is 19.4 Å². The monoisotopic (exact) mass is 785 g/mol. The first-order valence-corrected chi connectivity index (χ1v) is 24.2. The summed E-state index contributed by atoms with van der Waals surface area (Å²) in [5, 5.41) is 0. The van der Waals surface area contributed by atoms with Crippen LogP contribution in [-0.4, -0.2) is 37.9 Å². The van der Waals surface area contributed by atoms with Gasteiger partial charge in [0.2, 0.25) is 0 Å². The topological polar surface area (TPSA) is 61.8 Å². The number of esters is 2. The molecule has 0 spiro atoms. The van der Waals surface area contributed by atoms with Crippen molar-refractivity contribution in [2.75, 3.05) is 19.8 Å². The molecule has 0 amide bonds. The van der Waals surface area contributed by atoms with E-state index in [-0.39, 0.29) is 25.2 Å². The van der Waals surface area contributed by atoms with Gasteiger partial charge in [0, 0.05) is 19.4 Å². The van der Waals surface area contributed by atoms with Gasteiger partial charge < -0.3 is 14.2 Å². The maximum atomic E-state index is 12.6. The first kappa shape index (κ1) is 53.9. The predicted octanol–water partition coefficient (Wildman–Crippen LogP) is 16.0. The van der Waals surface area contributed by atoms with Crippen LogP contribution in [-0.2, 0) is 23.8 Å². The van der Waals surface area contributed by atoms with Crippen molar-refractivity contribution >= 4 is 11.9 Å². The average Bonchev–Trinajstić information content (AvgIpc) is 3.20. The van der Waals surface area contributed by atoms with E-state index in [1.54, 1.807) is 0 Å². The Morgan fingerprint density at radius 1 is 0.393 bits per heavy atom. The molecule has 0 radical (unpaired) electrons. The molecule has 0 heterocycles. The quantitative estimate of drug-likeness (QED) is 0.0350. The smallest absolute Gasteiger partial charge is 0.306 e. The molecule has 0 bridgehead atoms. The van der Waals surface area contributed by atoms with Gasteiger partial charge in [0.05, 0.1) is 6.61 Å². The van der Waals surface area contributed by atoms with Crippen LogP contribution in [0.25, 0.3) is 0 Å². The molecule has 326 valence electrons. The number of unbranched alkanes of at least 4 members (excludes halogenated alkanes) is 25. The van der Waals surface area contributed by atoms with Gasteiger partial charge in [0.15, 0.2) is 6.10 Å². The normalized spacial score (nSPS) is 12.6. The third kappa shape index (κ3) is 44.6. The fraction of sp³-hybridized carbons (Fsp3) is 0.804. The summed E-state index contributed by atoms with van der Waals surface area (Å²) >= 11 is 0. The zero-order chi connectivity index (χ0) is 40.7. The summed E-state index contributed by atoms with van der Waals surface area (Å²) in [4.78, 5) is 25.2. The molecule has 0 aromatic carbocycles. The maximum Gasteiger partial charge on any atom is 0.306 e. The number of carbonyl (C=O) groups excluding carboxylic acids is 2. The molecule has 1 unspecified atom stereocenters. The van der Waals surface area contributed by atoms with Gasteiger partial charge >= 0.3 is 11.9 Å². The van der Waals surface area contributed by atoms with Crippen molar-refractivity contribution in [3.05, 3.63) is 48.6 Å². The summed E-state index contributed by atoms with van der Waals surface area (Å²) in [6.45, 7) is 7.74. The highest BCUT2D eigenvalue weighted by Gasteiger charge is 2.17. The largest absolute Gasteiger partial charge is 0.462 e. The molecular weight excluding hydrogens is 693 g/mol. The lowest BCUT2D eigenvalue weighted by molar-refractivity contribution is -0.163. The first-order valence-electron chi connectivity index (χ1n) is 24.2. The Morgan fingerprint density at radius 3 is 1.27 bits per heavy atom. The number of hydrogen-bond acceptors (Lipinski definition) is 5. The molecule has 5 heteroatoms. The SMILES string of the molecule is CCCCC/C=C\C/C=C\C/C=C\CCCCCCCCC(=O)OCC(COCCCCCCCC/C=C\CCCCCC)OC(=O)CCCCCCCCC. The molecule has 1 atom stereocenters. The highest BCUT2D eigenvalue weighted by molar-refractivity contribution is 5.70. The Balaban J connectivity index is 4.15. The molecule has 5 nitrogen and oxygen atoms in total. The zero-order valence-corrected chi connectivity index (χ0v) is 37.4. The summed E-state index contributed by atoms with van der Waals surface area (Å²) < 4.78 is 17.3. The summed E-state index contributed by atoms with van der Waals surface area (Å²) in [5.41, 5.74) is 0. The molecule has 56 heavy (non-hydrogen) atoms. The van der Waals surface area contributed by atoms with Gasteiger partial charge in [-0.3, -0.25) is 9.59 Å². The lowest BCUT2D eigenvalue weighted by Crippen LogP contribution is -2.30. The number of carbonyl (C=O) groups is 2. The Kier molecular flexibility index (Phi) is 45.4. The fourth-order valence-corrected chi connectivity index (χ4v) is 6.69. The van der Waals surface area contributed by atoms with Crippen LogP contribution >= 0.6 is 0 Å². The van der Waals surface area contributed by atoms with Crippen molar-refractivity contribution in [2.24, 2.45) is 0 Å². The first-order chi connectivity index (χ1) is 27.6. The number of hydrogen-bond donors (Lipinski definition) is 0. The molecule has 0 rings (SSSR count). The van der Waals surface area contributed by atoms with E-state index in [1.807, 2.05) is 0 Å². The summed E-state index contributed by atoms with van der Waals surface area (Å²) in [7, 11) is 0. The molecule has 0 aliphatic carbocycles. The van der Waals surface area contributed by atoms with Crippen LogP contribution in [0.5, 0.6) is 0 Å². The van der Waals surface area contributed by atoms with Gasteiger partial charge in [-0.25, -0.2) is 0 Å². The van der Waals surface area contributed by atoms with E-state index in [1.165, 1.54) is 141 Å². The predicted molar refractivity (Wildman–Crippen MR) is 242 cm³/mol. The second kappa shape index (κ2) is 47.2. The highest BCUT2D eigenvalue weighted by atomic mass is 16.6. The lowest BCUT2D eigenvalue weighted by atomic mass is 10.1. The minimum absolute atomic E-state index is 0.0776. The van der Waals surface area contributed by atoms with E-state index >= 15 is 0 Å². The van der Waals surface area contributed by atoms with Gasteiger partial charge in [-0.1, -0.05) is 191 Å². The van der Waals surface area contributed by atoms with Crippen molar-refractivity contribution in [1.82, 2.24) is 0 Å². The van der Waals surface area contributed by atoms with E-state index < -0.39 is 6.10 Å². The molecule has 0 aliphatic rings. The van der Waals surface area contributed by atoms with Crippen molar-refractivity contribution < 1.29 is 23.8 Å². The van der Waals surface area contributed by atoms with Crippen LogP contribution in [0.3, 0.4) is 0 Å². The highest BCUT2D eigenvalue weighted by Crippen LogP contribution is 2.13. The Labute approximate surface area is 348 Å². The van der Waals surface area contributed by atoms with Crippen LogP contribution in [0.2, 0.25) is 0 Å². The van der Waals surface area contributed by atoms with Crippen LogP contribution in [0.1, 0.15) is 239 Å². The van der Waals surface area contributed by atoms with Gasteiger partial charge in [-0.2, -0.15) is 0 Å². The number of rotatable bonds is 44. The Hall–Kier alpha value is -2.14. The second-order valence-electron chi connectivity index (χ2n) is 16.0. The number of ether oxygens (including phenoxy) is 3. The Bertz CT molecular complexity index is 935. The number of allylic oxidation sites excluding steroid dienone is 8. The standard InChI is InChI=1S/C51H92O5/c1-4-7-10-13-16-18-20-22-24-25-26-27-28-29-31-33-36-38-41-44-50(52)55-48-49(56-51(53)45-42-39-35-15-12-9-6-3)47-54-46-43-40-37-34-32-30-23-21-19-17-14-11-8-5-2/h16,18-19,21-22,24,26-27,49H,4-15,17,20,23,25,28-48H2,1-3H3/b18-16-,21-19-,24-22-,27-26-. The van der Waals surface area contributed by atoms with Crippen molar-refractivity contribution in [1.29, 1.82) is 0 Å². The molecule has 0 aliphatic heterocycles. The van der Waals surface area contributed by atoms with Gasteiger partial charge in [0.1, 0.15) is 6.61 Å². The van der Waals surface area contributed by atoms with E-state index in [4.69, 9.17) is 14.2 Å². The van der Waals surface area contributed by atoms with Gasteiger partial charge in [0.25, 0.3) is 0 Å². The minimum atomic E-state index is -0.539. The van der Waals surface area contributed by atoms with Crippen molar-refractivity contribution in [2.45, 2.75) is 245 Å². The third-order valence-electron chi connectivity index (χ3n) is 10.3. The van der Waals surface area contributed by atoms with Crippen molar-refractivity contribution in [3.63, 3.8) is 0 Å². The van der Waals surface area contributed by atoms with Crippen LogP contribution in [0.4, 0.5) is 0 Å². The zero-order valence-electron chi connectivity index (χ0n) is 37.4. The molecular formula is C51H92O5. The van der Waals surface area contributed by atoms with Gasteiger partial charge in [-0.15, -0.1) is 0 Å². The Morgan fingerprint density at radius 2 is 0.750 bits per heavy atom. The second-order valence-corrected chi connectivity index (χ2v) is 16.0. The van der Waals surface area contributed by atoms with Crippen LogP contribution in [0, 0.1) is 0 Å². The van der Waals surface area contributed by atoms with E-state index in [9.17, 15) is 9.59 Å². The van der Waals surface area contributed by atoms with E-state index in [2.05, 4.69) is 69.4 Å². The molecule has 0 saturated heterocycles. The summed E-state index contributed by atoms with van der Waals surface area (Å²) in [6, 6.07) is 0. The molecule has 0 fully saturated rings. The van der Waals surface area contributed by atoms with Crippen LogP contribution < -0.4 is 0 Å². The minimum Gasteiger partial charge on any atom is -0.462 e. The molecule has 0 saturated carbocycles.